The molecule has 2 N–H and O–H groups in total. The van der Waals surface area contributed by atoms with Crippen molar-refractivity contribution in [1.82, 2.24) is 5.32 Å². The highest BCUT2D eigenvalue weighted by atomic mass is 32.2. The Morgan fingerprint density at radius 1 is 1.08 bits per heavy atom. The summed E-state index contributed by atoms with van der Waals surface area (Å²) in [6, 6.07) is 11.1. The van der Waals surface area contributed by atoms with Gasteiger partial charge in [-0.15, -0.1) is 0 Å². The number of anilines is 1. The van der Waals surface area contributed by atoms with Crippen molar-refractivity contribution >= 4 is 15.5 Å². The first-order valence-electron chi connectivity index (χ1n) is 8.59. The fraction of sp³-hybridized carbons (Fsp3) is 0.368. The number of hydrogen-bond acceptors (Lipinski definition) is 4. The van der Waals surface area contributed by atoms with Gasteiger partial charge in [0.25, 0.3) is 0 Å². The molecule has 4 nitrogen and oxygen atoms in total. The lowest BCUT2D eigenvalue weighted by atomic mass is 9.90. The first-order valence-corrected chi connectivity index (χ1v) is 10.1. The van der Waals surface area contributed by atoms with Crippen molar-refractivity contribution in [2.24, 2.45) is 0 Å². The van der Waals surface area contributed by atoms with Crippen LogP contribution in [0.25, 0.3) is 0 Å². The molecule has 132 valence electrons. The summed E-state index contributed by atoms with van der Waals surface area (Å²) in [4.78, 5) is 0.387. The van der Waals surface area contributed by atoms with Crippen LogP contribution in [0.3, 0.4) is 0 Å². The van der Waals surface area contributed by atoms with Gasteiger partial charge in [0.15, 0.2) is 0 Å². The molecule has 3 atom stereocenters. The zero-order valence-corrected chi connectivity index (χ0v) is 14.8. The second-order valence-corrected chi connectivity index (χ2v) is 8.89. The summed E-state index contributed by atoms with van der Waals surface area (Å²) in [5.74, 6) is -0.129. The van der Waals surface area contributed by atoms with Crippen LogP contribution in [0, 0.1) is 5.82 Å². The lowest BCUT2D eigenvalue weighted by Crippen LogP contribution is -2.28. The van der Waals surface area contributed by atoms with Crippen LogP contribution in [0.4, 0.5) is 10.1 Å². The average molecular weight is 360 g/mol. The molecule has 4 rings (SSSR count). The standard InChI is InChI=1S/C19H21FN2O2S/c1-12-10-19-16(8-9-21-12)17-11-15(6-7-18(17)22-19)25(23,24)14-4-2-13(20)3-5-14/h2-7,11-12,16,19,21-22H,8-10H2,1H3/t12?,16-,19-/m1/s1. The smallest absolute Gasteiger partial charge is 0.206 e. The first kappa shape index (κ1) is 16.5. The molecule has 0 aromatic heterocycles. The molecular weight excluding hydrogens is 339 g/mol. The number of hydrogen-bond donors (Lipinski definition) is 2. The molecule has 2 aliphatic rings. The molecule has 0 radical (unpaired) electrons. The zero-order chi connectivity index (χ0) is 17.6. The van der Waals surface area contributed by atoms with Gasteiger partial charge in [-0.1, -0.05) is 0 Å². The van der Waals surface area contributed by atoms with E-state index in [2.05, 4.69) is 17.6 Å². The minimum atomic E-state index is -3.65. The van der Waals surface area contributed by atoms with E-state index in [9.17, 15) is 12.8 Å². The summed E-state index contributed by atoms with van der Waals surface area (Å²) >= 11 is 0. The quantitative estimate of drug-likeness (QED) is 0.807. The van der Waals surface area contributed by atoms with Crippen molar-refractivity contribution in [3.05, 3.63) is 53.8 Å². The van der Waals surface area contributed by atoms with Crippen LogP contribution in [0.15, 0.2) is 52.3 Å². The lowest BCUT2D eigenvalue weighted by Gasteiger charge is -2.18. The molecule has 2 aliphatic heterocycles. The van der Waals surface area contributed by atoms with Crippen molar-refractivity contribution < 1.29 is 12.8 Å². The highest BCUT2D eigenvalue weighted by molar-refractivity contribution is 7.91. The lowest BCUT2D eigenvalue weighted by molar-refractivity contribution is 0.521. The van der Waals surface area contributed by atoms with E-state index in [0.717, 1.165) is 30.6 Å². The van der Waals surface area contributed by atoms with Gasteiger partial charge in [0.05, 0.1) is 9.79 Å². The van der Waals surface area contributed by atoms with Crippen LogP contribution in [-0.2, 0) is 9.84 Å². The predicted octanol–water partition coefficient (Wildman–Crippen LogP) is 3.31. The maximum absolute atomic E-state index is 13.1. The van der Waals surface area contributed by atoms with Gasteiger partial charge in [-0.3, -0.25) is 0 Å². The number of nitrogens with one attached hydrogen (secondary N) is 2. The van der Waals surface area contributed by atoms with Crippen LogP contribution in [0.2, 0.25) is 0 Å². The molecule has 0 bridgehead atoms. The van der Waals surface area contributed by atoms with Crippen molar-refractivity contribution in [2.75, 3.05) is 11.9 Å². The van der Waals surface area contributed by atoms with E-state index >= 15 is 0 Å². The Labute approximate surface area is 147 Å². The van der Waals surface area contributed by atoms with Gasteiger partial charge in [0, 0.05) is 23.7 Å². The van der Waals surface area contributed by atoms with Gasteiger partial charge in [-0.25, -0.2) is 12.8 Å². The van der Waals surface area contributed by atoms with Gasteiger partial charge >= 0.3 is 0 Å². The Bertz CT molecular complexity index is 896. The fourth-order valence-corrected chi connectivity index (χ4v) is 5.24. The number of sulfone groups is 1. The van der Waals surface area contributed by atoms with E-state index in [1.165, 1.54) is 24.3 Å². The van der Waals surface area contributed by atoms with E-state index < -0.39 is 15.7 Å². The fourth-order valence-electron chi connectivity index (χ4n) is 3.94. The Balaban J connectivity index is 1.72. The molecule has 2 aromatic carbocycles. The van der Waals surface area contributed by atoms with Crippen molar-refractivity contribution in [2.45, 2.75) is 47.6 Å². The summed E-state index contributed by atoms with van der Waals surface area (Å²) in [7, 11) is -3.65. The van der Waals surface area contributed by atoms with E-state index in [1.54, 1.807) is 12.1 Å². The molecule has 25 heavy (non-hydrogen) atoms. The minimum Gasteiger partial charge on any atom is -0.381 e. The molecular formula is C19H21FN2O2S. The average Bonchev–Trinajstić information content (AvgIpc) is 2.80. The molecule has 2 aromatic rings. The Kier molecular flexibility index (Phi) is 4.04. The number of halogens is 1. The van der Waals surface area contributed by atoms with E-state index in [-0.39, 0.29) is 9.79 Å². The van der Waals surface area contributed by atoms with E-state index in [1.807, 2.05) is 6.07 Å². The van der Waals surface area contributed by atoms with E-state index in [4.69, 9.17) is 0 Å². The van der Waals surface area contributed by atoms with Gasteiger partial charge in [-0.2, -0.15) is 0 Å². The van der Waals surface area contributed by atoms with Crippen LogP contribution in [0.5, 0.6) is 0 Å². The molecule has 0 amide bonds. The largest absolute Gasteiger partial charge is 0.381 e. The second kappa shape index (κ2) is 6.11. The number of rotatable bonds is 2. The SMILES string of the molecule is CC1C[C@H]2Nc3ccc(S(=O)(=O)c4ccc(F)cc4)cc3[C@H]2CCN1. The van der Waals surface area contributed by atoms with Gasteiger partial charge < -0.3 is 10.6 Å². The molecule has 1 unspecified atom stereocenters. The molecule has 0 saturated carbocycles. The number of fused-ring (bicyclic) bond motifs is 3. The third-order valence-corrected chi connectivity index (χ3v) is 7.01. The number of benzene rings is 2. The maximum Gasteiger partial charge on any atom is 0.206 e. The Hall–Kier alpha value is -1.92. The summed E-state index contributed by atoms with van der Waals surface area (Å²) in [5, 5.41) is 7.03. The highest BCUT2D eigenvalue weighted by Crippen LogP contribution is 2.42. The summed E-state index contributed by atoms with van der Waals surface area (Å²) in [6.45, 7) is 3.11. The minimum absolute atomic E-state index is 0.118. The van der Waals surface area contributed by atoms with Crippen LogP contribution in [-0.4, -0.2) is 27.0 Å². The van der Waals surface area contributed by atoms with Gasteiger partial charge in [0.1, 0.15) is 5.82 Å². The topological polar surface area (TPSA) is 58.2 Å². The highest BCUT2D eigenvalue weighted by Gasteiger charge is 2.35. The zero-order valence-electron chi connectivity index (χ0n) is 14.0. The molecule has 6 heteroatoms. The summed E-state index contributed by atoms with van der Waals surface area (Å²) in [6.07, 6.45) is 1.99. The van der Waals surface area contributed by atoms with Crippen LogP contribution < -0.4 is 10.6 Å². The molecule has 1 fully saturated rings. The van der Waals surface area contributed by atoms with E-state index in [0.29, 0.717) is 18.0 Å². The van der Waals surface area contributed by atoms with Gasteiger partial charge in [-0.05, 0) is 74.3 Å². The van der Waals surface area contributed by atoms with Crippen LogP contribution in [0.1, 0.15) is 31.2 Å². The third kappa shape index (κ3) is 2.93. The second-order valence-electron chi connectivity index (χ2n) is 6.94. The first-order chi connectivity index (χ1) is 11.9. The molecule has 0 aliphatic carbocycles. The van der Waals surface area contributed by atoms with Crippen LogP contribution >= 0.6 is 0 Å². The van der Waals surface area contributed by atoms with Crippen molar-refractivity contribution in [1.29, 1.82) is 0 Å². The summed E-state index contributed by atoms with van der Waals surface area (Å²) < 4.78 is 38.8. The molecule has 1 saturated heterocycles. The van der Waals surface area contributed by atoms with Crippen molar-refractivity contribution in [3.63, 3.8) is 0 Å². The maximum atomic E-state index is 13.1. The Morgan fingerprint density at radius 2 is 1.80 bits per heavy atom. The molecule has 2 heterocycles. The van der Waals surface area contributed by atoms with Gasteiger partial charge in [0.2, 0.25) is 9.84 Å². The monoisotopic (exact) mass is 360 g/mol. The predicted molar refractivity (Wildman–Crippen MR) is 95.1 cm³/mol. The third-order valence-electron chi connectivity index (χ3n) is 5.24. The Morgan fingerprint density at radius 3 is 2.56 bits per heavy atom. The molecule has 0 spiro atoms. The normalized spacial score (nSPS) is 25.6. The summed E-state index contributed by atoms with van der Waals surface area (Å²) in [5.41, 5.74) is 2.10. The van der Waals surface area contributed by atoms with Crippen molar-refractivity contribution in [3.8, 4) is 0 Å².